The van der Waals surface area contributed by atoms with E-state index in [9.17, 15) is 5.11 Å². The highest BCUT2D eigenvalue weighted by Crippen LogP contribution is 2.36. The third kappa shape index (κ3) is 2.52. The van der Waals surface area contributed by atoms with Crippen molar-refractivity contribution in [3.05, 3.63) is 17.2 Å². The predicted molar refractivity (Wildman–Crippen MR) is 65.8 cm³/mol. The molecule has 0 aliphatic carbocycles. The summed E-state index contributed by atoms with van der Waals surface area (Å²) in [7, 11) is 0. The van der Waals surface area contributed by atoms with Crippen molar-refractivity contribution in [2.75, 3.05) is 0 Å². The predicted octanol–water partition coefficient (Wildman–Crippen LogP) is 3.09. The lowest BCUT2D eigenvalue weighted by Crippen LogP contribution is -2.21. The standard InChI is InChI=1S/C13H22N2O/c1-8-14-10(12(2,3)4)9(16)11(15-8)13(5,6)7/h16H,1-7H3. The highest BCUT2D eigenvalue weighted by Gasteiger charge is 2.28. The van der Waals surface area contributed by atoms with Crippen LogP contribution in [0.25, 0.3) is 0 Å². The molecule has 0 radical (unpaired) electrons. The van der Waals surface area contributed by atoms with Crippen molar-refractivity contribution >= 4 is 0 Å². The van der Waals surface area contributed by atoms with Gasteiger partial charge >= 0.3 is 0 Å². The number of rotatable bonds is 0. The van der Waals surface area contributed by atoms with E-state index in [1.165, 1.54) is 0 Å². The molecule has 1 aromatic rings. The molecule has 0 aliphatic heterocycles. The lowest BCUT2D eigenvalue weighted by Gasteiger charge is -2.25. The zero-order valence-corrected chi connectivity index (χ0v) is 11.3. The topological polar surface area (TPSA) is 46.0 Å². The van der Waals surface area contributed by atoms with Gasteiger partial charge in [0.1, 0.15) is 5.82 Å². The molecule has 0 fully saturated rings. The first-order valence-electron chi connectivity index (χ1n) is 5.62. The van der Waals surface area contributed by atoms with Gasteiger partial charge in [-0.1, -0.05) is 41.5 Å². The first-order valence-corrected chi connectivity index (χ1v) is 5.62. The van der Waals surface area contributed by atoms with Crippen LogP contribution in [0.2, 0.25) is 0 Å². The normalized spacial score (nSPS) is 12.9. The smallest absolute Gasteiger partial charge is 0.159 e. The molecule has 0 unspecified atom stereocenters. The number of hydrogen-bond donors (Lipinski definition) is 1. The van der Waals surface area contributed by atoms with Crippen LogP contribution in [-0.2, 0) is 10.8 Å². The summed E-state index contributed by atoms with van der Waals surface area (Å²) in [5.41, 5.74) is 1.12. The molecule has 0 saturated carbocycles. The Morgan fingerprint density at radius 1 is 0.812 bits per heavy atom. The number of aryl methyl sites for hydroxylation is 1. The maximum atomic E-state index is 10.3. The van der Waals surface area contributed by atoms with E-state index < -0.39 is 0 Å². The maximum Gasteiger partial charge on any atom is 0.159 e. The highest BCUT2D eigenvalue weighted by molar-refractivity contribution is 5.39. The second-order valence-corrected chi connectivity index (χ2v) is 6.32. The van der Waals surface area contributed by atoms with Gasteiger partial charge in [0.15, 0.2) is 5.75 Å². The van der Waals surface area contributed by atoms with E-state index in [-0.39, 0.29) is 16.6 Å². The average Bonchev–Trinajstić information content (AvgIpc) is 2.04. The molecule has 0 spiro atoms. The summed E-state index contributed by atoms with van der Waals surface area (Å²) in [6.07, 6.45) is 0. The van der Waals surface area contributed by atoms with Gasteiger partial charge in [0, 0.05) is 10.8 Å². The van der Waals surface area contributed by atoms with E-state index in [1.54, 1.807) is 0 Å². The van der Waals surface area contributed by atoms with Crippen molar-refractivity contribution in [1.82, 2.24) is 9.97 Å². The van der Waals surface area contributed by atoms with Crippen LogP contribution in [0.15, 0.2) is 0 Å². The molecule has 16 heavy (non-hydrogen) atoms. The molecule has 1 aromatic heterocycles. The highest BCUT2D eigenvalue weighted by atomic mass is 16.3. The molecule has 1 N–H and O–H groups in total. The van der Waals surface area contributed by atoms with Gasteiger partial charge in [0.05, 0.1) is 11.4 Å². The van der Waals surface area contributed by atoms with Gasteiger partial charge in [-0.25, -0.2) is 9.97 Å². The molecule has 0 bridgehead atoms. The van der Waals surface area contributed by atoms with Crippen molar-refractivity contribution in [3.63, 3.8) is 0 Å². The minimum atomic E-state index is -0.169. The lowest BCUT2D eigenvalue weighted by molar-refractivity contribution is 0.405. The van der Waals surface area contributed by atoms with Crippen LogP contribution >= 0.6 is 0 Å². The molecule has 3 nitrogen and oxygen atoms in total. The second-order valence-electron chi connectivity index (χ2n) is 6.32. The molecule has 0 atom stereocenters. The molecule has 0 saturated heterocycles. The number of hydrogen-bond acceptors (Lipinski definition) is 3. The summed E-state index contributed by atoms with van der Waals surface area (Å²) in [6, 6.07) is 0. The minimum Gasteiger partial charge on any atom is -0.504 e. The van der Waals surface area contributed by atoms with Gasteiger partial charge in [0.25, 0.3) is 0 Å². The van der Waals surface area contributed by atoms with Crippen LogP contribution in [-0.4, -0.2) is 15.1 Å². The monoisotopic (exact) mass is 222 g/mol. The summed E-state index contributed by atoms with van der Waals surface area (Å²) >= 11 is 0. The van der Waals surface area contributed by atoms with Crippen LogP contribution in [0, 0.1) is 6.92 Å². The van der Waals surface area contributed by atoms with Crippen LogP contribution < -0.4 is 0 Å². The molecule has 1 rings (SSSR count). The molecule has 3 heteroatoms. The SMILES string of the molecule is Cc1nc(C(C)(C)C)c(O)c(C(C)(C)C)n1. The largest absolute Gasteiger partial charge is 0.504 e. The van der Waals surface area contributed by atoms with Gasteiger partial charge in [-0.2, -0.15) is 0 Å². The zero-order chi connectivity index (χ0) is 12.7. The summed E-state index contributed by atoms with van der Waals surface area (Å²) in [6.45, 7) is 14.1. The fourth-order valence-corrected chi connectivity index (χ4v) is 1.61. The summed E-state index contributed by atoms with van der Waals surface area (Å²) in [4.78, 5) is 8.71. The van der Waals surface area contributed by atoms with E-state index >= 15 is 0 Å². The lowest BCUT2D eigenvalue weighted by atomic mass is 9.85. The van der Waals surface area contributed by atoms with Crippen LogP contribution in [0.1, 0.15) is 58.8 Å². The van der Waals surface area contributed by atoms with Crippen LogP contribution in [0.5, 0.6) is 5.75 Å². The Bertz CT molecular complexity index is 362. The van der Waals surface area contributed by atoms with Crippen molar-refractivity contribution < 1.29 is 5.11 Å². The fraction of sp³-hybridized carbons (Fsp3) is 0.692. The van der Waals surface area contributed by atoms with E-state index in [1.807, 2.05) is 48.5 Å². The zero-order valence-electron chi connectivity index (χ0n) is 11.3. The van der Waals surface area contributed by atoms with Crippen LogP contribution in [0.4, 0.5) is 0 Å². The molecular weight excluding hydrogens is 200 g/mol. The van der Waals surface area contributed by atoms with Crippen molar-refractivity contribution in [2.24, 2.45) is 0 Å². The summed E-state index contributed by atoms with van der Waals surface area (Å²) in [5, 5.41) is 10.3. The maximum absolute atomic E-state index is 10.3. The minimum absolute atomic E-state index is 0.169. The van der Waals surface area contributed by atoms with Gasteiger partial charge < -0.3 is 5.11 Å². The average molecular weight is 222 g/mol. The van der Waals surface area contributed by atoms with E-state index in [4.69, 9.17) is 0 Å². The third-order valence-electron chi connectivity index (χ3n) is 2.42. The first kappa shape index (κ1) is 12.9. The van der Waals surface area contributed by atoms with E-state index in [2.05, 4.69) is 9.97 Å². The Hall–Kier alpha value is -1.12. The van der Waals surface area contributed by atoms with Gasteiger partial charge in [-0.15, -0.1) is 0 Å². The second kappa shape index (κ2) is 3.72. The molecule has 0 amide bonds. The van der Waals surface area contributed by atoms with Crippen molar-refractivity contribution in [2.45, 2.75) is 59.3 Å². The quantitative estimate of drug-likeness (QED) is 0.733. The first-order chi connectivity index (χ1) is 7.03. The molecule has 90 valence electrons. The Labute approximate surface area is 97.9 Å². The van der Waals surface area contributed by atoms with Gasteiger partial charge in [-0.05, 0) is 6.92 Å². The van der Waals surface area contributed by atoms with Crippen molar-refractivity contribution in [1.29, 1.82) is 0 Å². The van der Waals surface area contributed by atoms with Crippen molar-refractivity contribution in [3.8, 4) is 5.75 Å². The van der Waals surface area contributed by atoms with Crippen LogP contribution in [0.3, 0.4) is 0 Å². The molecule has 1 heterocycles. The Morgan fingerprint density at radius 3 is 1.38 bits per heavy atom. The fourth-order valence-electron chi connectivity index (χ4n) is 1.61. The molecule has 0 aromatic carbocycles. The van der Waals surface area contributed by atoms with E-state index in [0.29, 0.717) is 5.82 Å². The third-order valence-corrected chi connectivity index (χ3v) is 2.42. The van der Waals surface area contributed by atoms with E-state index in [0.717, 1.165) is 11.4 Å². The Balaban J connectivity index is 3.51. The Morgan fingerprint density at radius 2 is 1.12 bits per heavy atom. The van der Waals surface area contributed by atoms with Gasteiger partial charge in [-0.3, -0.25) is 0 Å². The summed E-state index contributed by atoms with van der Waals surface area (Å²) in [5.74, 6) is 0.957. The molecule has 0 aliphatic rings. The molecular formula is C13H22N2O. The number of nitrogens with zero attached hydrogens (tertiary/aromatic N) is 2. The Kier molecular flexibility index (Phi) is 3.01. The number of aromatic hydroxyl groups is 1. The summed E-state index contributed by atoms with van der Waals surface area (Å²) < 4.78 is 0. The van der Waals surface area contributed by atoms with Gasteiger partial charge in [0.2, 0.25) is 0 Å². The number of aromatic nitrogens is 2.